The van der Waals surface area contributed by atoms with E-state index in [9.17, 15) is 4.79 Å². The minimum atomic E-state index is -0.113. The van der Waals surface area contributed by atoms with E-state index in [1.807, 2.05) is 16.7 Å². The van der Waals surface area contributed by atoms with Crippen molar-refractivity contribution in [3.05, 3.63) is 111 Å². The number of rotatable bonds is 4. The number of benzene rings is 3. The fourth-order valence-electron chi connectivity index (χ4n) is 6.11. The highest BCUT2D eigenvalue weighted by Gasteiger charge is 2.43. The monoisotopic (exact) mass is 492 g/mol. The van der Waals surface area contributed by atoms with Gasteiger partial charge in [0.25, 0.3) is 5.56 Å². The van der Waals surface area contributed by atoms with Crippen molar-refractivity contribution in [2.24, 2.45) is 0 Å². The second kappa shape index (κ2) is 9.40. The molecule has 1 fully saturated rings. The van der Waals surface area contributed by atoms with E-state index in [0.29, 0.717) is 0 Å². The third-order valence-electron chi connectivity index (χ3n) is 7.94. The van der Waals surface area contributed by atoms with Crippen molar-refractivity contribution in [3.63, 3.8) is 0 Å². The molecule has 36 heavy (non-hydrogen) atoms. The Hall–Kier alpha value is -3.11. The summed E-state index contributed by atoms with van der Waals surface area (Å²) in [5.41, 5.74) is 8.87. The van der Waals surface area contributed by atoms with Crippen LogP contribution in [0.1, 0.15) is 59.9 Å². The zero-order valence-corrected chi connectivity index (χ0v) is 21.9. The Morgan fingerprint density at radius 1 is 0.889 bits per heavy atom. The predicted molar refractivity (Wildman–Crippen MR) is 149 cm³/mol. The minimum absolute atomic E-state index is 0.113. The van der Waals surface area contributed by atoms with Crippen molar-refractivity contribution in [2.75, 3.05) is 0 Å². The van der Waals surface area contributed by atoms with Gasteiger partial charge < -0.3 is 0 Å². The number of thioether (sulfide) groups is 1. The summed E-state index contributed by atoms with van der Waals surface area (Å²) in [5.74, 6) is 0.768. The standard InChI is InChI=1S/C32H32N2OS/c1-22-13-15-24(16-14-22)21-36-31-33-29-27-12-5-4-10-25(27)20-32(17-6-3-7-18-32)28(29)30(35)34(31)26-11-8-9-23(2)19-26/h4-5,8-16,19H,3,6-7,17-18,20-21H2,1-2H3. The zero-order chi connectivity index (χ0) is 24.7. The van der Waals surface area contributed by atoms with Crippen LogP contribution >= 0.6 is 11.8 Å². The molecule has 4 aromatic rings. The van der Waals surface area contributed by atoms with E-state index in [1.54, 1.807) is 11.8 Å². The van der Waals surface area contributed by atoms with Crippen molar-refractivity contribution >= 4 is 11.8 Å². The molecular weight excluding hydrogens is 460 g/mol. The van der Waals surface area contributed by atoms with E-state index in [-0.39, 0.29) is 11.0 Å². The van der Waals surface area contributed by atoms with Crippen LogP contribution in [0.15, 0.2) is 82.7 Å². The van der Waals surface area contributed by atoms with Gasteiger partial charge in [0.15, 0.2) is 5.16 Å². The summed E-state index contributed by atoms with van der Waals surface area (Å²) in [4.78, 5) is 19.9. The van der Waals surface area contributed by atoms with E-state index in [2.05, 4.69) is 74.5 Å². The molecule has 0 amide bonds. The molecule has 0 aliphatic heterocycles. The second-order valence-corrected chi connectivity index (χ2v) is 11.5. The van der Waals surface area contributed by atoms with Gasteiger partial charge in [-0.05, 0) is 61.9 Å². The summed E-state index contributed by atoms with van der Waals surface area (Å²) in [6.07, 6.45) is 6.67. The summed E-state index contributed by atoms with van der Waals surface area (Å²) >= 11 is 1.66. The first kappa shape index (κ1) is 23.3. The van der Waals surface area contributed by atoms with Crippen LogP contribution in [0.4, 0.5) is 0 Å². The topological polar surface area (TPSA) is 34.9 Å². The highest BCUT2D eigenvalue weighted by atomic mass is 32.2. The summed E-state index contributed by atoms with van der Waals surface area (Å²) in [6, 6.07) is 25.5. The van der Waals surface area contributed by atoms with Gasteiger partial charge in [-0.2, -0.15) is 0 Å². The maximum Gasteiger partial charge on any atom is 0.263 e. The molecule has 1 spiro atoms. The Morgan fingerprint density at radius 3 is 2.44 bits per heavy atom. The van der Waals surface area contributed by atoms with Gasteiger partial charge in [0.2, 0.25) is 0 Å². The molecule has 0 saturated heterocycles. The predicted octanol–water partition coefficient (Wildman–Crippen LogP) is 7.57. The molecule has 4 heteroatoms. The van der Waals surface area contributed by atoms with E-state index in [0.717, 1.165) is 58.2 Å². The lowest BCUT2D eigenvalue weighted by Crippen LogP contribution is -2.42. The normalized spacial score (nSPS) is 15.9. The van der Waals surface area contributed by atoms with Gasteiger partial charge in [-0.25, -0.2) is 4.98 Å². The first-order valence-corrected chi connectivity index (χ1v) is 14.0. The lowest BCUT2D eigenvalue weighted by atomic mass is 9.62. The van der Waals surface area contributed by atoms with Crippen molar-refractivity contribution in [3.8, 4) is 16.9 Å². The number of hydrogen-bond donors (Lipinski definition) is 0. The maximum atomic E-state index is 14.6. The molecule has 1 aromatic heterocycles. The average Bonchev–Trinajstić information content (AvgIpc) is 2.88. The van der Waals surface area contributed by atoms with Gasteiger partial charge in [-0.3, -0.25) is 9.36 Å². The highest BCUT2D eigenvalue weighted by Crippen LogP contribution is 2.49. The molecule has 1 saturated carbocycles. The van der Waals surface area contributed by atoms with Crippen LogP contribution in [0.25, 0.3) is 16.9 Å². The Bertz CT molecular complexity index is 1480. The van der Waals surface area contributed by atoms with Crippen molar-refractivity contribution in [1.82, 2.24) is 9.55 Å². The average molecular weight is 493 g/mol. The van der Waals surface area contributed by atoms with Crippen molar-refractivity contribution in [2.45, 2.75) is 68.7 Å². The smallest absolute Gasteiger partial charge is 0.263 e. The number of hydrogen-bond acceptors (Lipinski definition) is 3. The SMILES string of the molecule is Cc1ccc(CSc2nc3c(c(=O)n2-c2cccc(C)c2)C2(CCCCC2)Cc2ccccc2-3)cc1. The summed E-state index contributed by atoms with van der Waals surface area (Å²) in [5, 5.41) is 0.771. The second-order valence-electron chi connectivity index (χ2n) is 10.5. The molecule has 2 aliphatic carbocycles. The van der Waals surface area contributed by atoms with Crippen LogP contribution in [0, 0.1) is 13.8 Å². The van der Waals surface area contributed by atoms with Crippen molar-refractivity contribution in [1.29, 1.82) is 0 Å². The first-order chi connectivity index (χ1) is 17.5. The molecular formula is C32H32N2OS. The molecule has 0 N–H and O–H groups in total. The lowest BCUT2D eigenvalue weighted by Gasteiger charge is -2.42. The fraction of sp³-hybridized carbons (Fsp3) is 0.312. The van der Waals surface area contributed by atoms with Gasteiger partial charge in [-0.15, -0.1) is 0 Å². The largest absolute Gasteiger partial charge is 0.268 e. The quantitative estimate of drug-likeness (QED) is 0.218. The number of fused-ring (bicyclic) bond motifs is 4. The fourth-order valence-corrected chi connectivity index (χ4v) is 7.07. The number of nitrogens with zero attached hydrogens (tertiary/aromatic N) is 2. The molecule has 3 aromatic carbocycles. The van der Waals surface area contributed by atoms with E-state index in [4.69, 9.17) is 4.98 Å². The molecule has 0 atom stereocenters. The summed E-state index contributed by atoms with van der Waals surface area (Å²) in [7, 11) is 0. The van der Waals surface area contributed by atoms with Gasteiger partial charge in [0.05, 0.1) is 16.9 Å². The number of aryl methyl sites for hydroxylation is 2. The van der Waals surface area contributed by atoms with Crippen LogP contribution in [0.5, 0.6) is 0 Å². The van der Waals surface area contributed by atoms with Crippen molar-refractivity contribution < 1.29 is 0 Å². The Balaban J connectivity index is 1.57. The van der Waals surface area contributed by atoms with E-state index < -0.39 is 0 Å². The summed E-state index contributed by atoms with van der Waals surface area (Å²) in [6.45, 7) is 4.19. The molecule has 3 nitrogen and oxygen atoms in total. The summed E-state index contributed by atoms with van der Waals surface area (Å²) < 4.78 is 1.90. The first-order valence-electron chi connectivity index (χ1n) is 13.1. The molecule has 182 valence electrons. The highest BCUT2D eigenvalue weighted by molar-refractivity contribution is 7.98. The zero-order valence-electron chi connectivity index (χ0n) is 21.1. The number of aromatic nitrogens is 2. The Labute approximate surface area is 217 Å². The molecule has 1 heterocycles. The Kier molecular flexibility index (Phi) is 6.08. The third kappa shape index (κ3) is 4.12. The molecule has 6 rings (SSSR count). The van der Waals surface area contributed by atoms with Crippen LogP contribution in [0.2, 0.25) is 0 Å². The lowest BCUT2D eigenvalue weighted by molar-refractivity contribution is 0.283. The maximum absolute atomic E-state index is 14.6. The van der Waals surface area contributed by atoms with Crippen LogP contribution in [-0.4, -0.2) is 9.55 Å². The van der Waals surface area contributed by atoms with E-state index in [1.165, 1.54) is 36.0 Å². The molecule has 0 unspecified atom stereocenters. The molecule has 0 radical (unpaired) electrons. The third-order valence-corrected chi connectivity index (χ3v) is 8.95. The Morgan fingerprint density at radius 2 is 1.67 bits per heavy atom. The van der Waals surface area contributed by atoms with Gasteiger partial charge in [0.1, 0.15) is 0 Å². The van der Waals surface area contributed by atoms with Crippen LogP contribution in [-0.2, 0) is 17.6 Å². The van der Waals surface area contributed by atoms with Gasteiger partial charge in [0, 0.05) is 16.7 Å². The minimum Gasteiger partial charge on any atom is -0.268 e. The van der Waals surface area contributed by atoms with E-state index >= 15 is 0 Å². The van der Waals surface area contributed by atoms with Crippen LogP contribution in [0.3, 0.4) is 0 Å². The molecule has 0 bridgehead atoms. The van der Waals surface area contributed by atoms with Crippen LogP contribution < -0.4 is 5.56 Å². The van der Waals surface area contributed by atoms with Gasteiger partial charge in [-0.1, -0.05) is 97.3 Å². The van der Waals surface area contributed by atoms with Gasteiger partial charge >= 0.3 is 0 Å². The molecule has 2 aliphatic rings.